The SMILES string of the molecule is COc1ccc(OC)c(C2CCC(Br)C2C)c1. The van der Waals surface area contributed by atoms with Gasteiger partial charge in [0.15, 0.2) is 0 Å². The molecule has 3 heteroatoms. The molecule has 0 saturated heterocycles. The normalized spacial score (nSPS) is 28.1. The van der Waals surface area contributed by atoms with Gasteiger partial charge in [-0.25, -0.2) is 0 Å². The molecule has 1 fully saturated rings. The van der Waals surface area contributed by atoms with Crippen molar-refractivity contribution in [3.63, 3.8) is 0 Å². The summed E-state index contributed by atoms with van der Waals surface area (Å²) in [4.78, 5) is 0.614. The predicted molar refractivity (Wildman–Crippen MR) is 73.4 cm³/mol. The van der Waals surface area contributed by atoms with Gasteiger partial charge >= 0.3 is 0 Å². The summed E-state index contributed by atoms with van der Waals surface area (Å²) in [5, 5.41) is 0. The maximum absolute atomic E-state index is 5.47. The van der Waals surface area contributed by atoms with Gasteiger partial charge < -0.3 is 9.47 Å². The van der Waals surface area contributed by atoms with Crippen LogP contribution in [0, 0.1) is 5.92 Å². The molecule has 0 aromatic heterocycles. The van der Waals surface area contributed by atoms with E-state index >= 15 is 0 Å². The maximum atomic E-state index is 5.47. The number of alkyl halides is 1. The van der Waals surface area contributed by atoms with E-state index in [2.05, 4.69) is 28.9 Å². The molecule has 1 aromatic carbocycles. The minimum atomic E-state index is 0.560. The number of rotatable bonds is 3. The van der Waals surface area contributed by atoms with Gasteiger partial charge in [0.05, 0.1) is 14.2 Å². The van der Waals surface area contributed by atoms with Crippen molar-refractivity contribution < 1.29 is 9.47 Å². The molecule has 1 saturated carbocycles. The molecule has 3 atom stereocenters. The summed E-state index contributed by atoms with van der Waals surface area (Å²) >= 11 is 3.75. The molecule has 94 valence electrons. The number of halogens is 1. The Morgan fingerprint density at radius 2 is 1.94 bits per heavy atom. The van der Waals surface area contributed by atoms with Crippen molar-refractivity contribution in [3.05, 3.63) is 23.8 Å². The first-order valence-corrected chi connectivity index (χ1v) is 6.95. The van der Waals surface area contributed by atoms with Gasteiger partial charge in [-0.15, -0.1) is 0 Å². The van der Waals surface area contributed by atoms with Gasteiger partial charge in [0.2, 0.25) is 0 Å². The molecule has 1 aliphatic rings. The zero-order valence-corrected chi connectivity index (χ0v) is 12.2. The third-order valence-corrected chi connectivity index (χ3v) is 5.09. The molecule has 1 aromatic rings. The molecule has 0 amide bonds. The van der Waals surface area contributed by atoms with Gasteiger partial charge in [0, 0.05) is 10.4 Å². The summed E-state index contributed by atoms with van der Waals surface area (Å²) in [6.07, 6.45) is 2.44. The van der Waals surface area contributed by atoms with Crippen molar-refractivity contribution in [1.82, 2.24) is 0 Å². The molecule has 0 aliphatic heterocycles. The summed E-state index contributed by atoms with van der Waals surface area (Å²) < 4.78 is 10.8. The lowest BCUT2D eigenvalue weighted by Crippen LogP contribution is -2.10. The maximum Gasteiger partial charge on any atom is 0.122 e. The van der Waals surface area contributed by atoms with Crippen LogP contribution in [0.1, 0.15) is 31.2 Å². The summed E-state index contributed by atoms with van der Waals surface area (Å²) in [5.41, 5.74) is 1.28. The molecule has 1 aliphatic carbocycles. The lowest BCUT2D eigenvalue weighted by Gasteiger charge is -2.20. The van der Waals surface area contributed by atoms with Crippen molar-refractivity contribution in [1.29, 1.82) is 0 Å². The van der Waals surface area contributed by atoms with Crippen LogP contribution in [0.3, 0.4) is 0 Å². The Kier molecular flexibility index (Phi) is 3.97. The zero-order valence-electron chi connectivity index (χ0n) is 10.6. The summed E-state index contributed by atoms with van der Waals surface area (Å²) in [6, 6.07) is 6.07. The quantitative estimate of drug-likeness (QED) is 0.786. The second-order valence-corrected chi connectivity index (χ2v) is 5.84. The van der Waals surface area contributed by atoms with Gasteiger partial charge in [0.1, 0.15) is 11.5 Å². The van der Waals surface area contributed by atoms with Crippen LogP contribution >= 0.6 is 15.9 Å². The minimum Gasteiger partial charge on any atom is -0.497 e. The van der Waals surface area contributed by atoms with E-state index in [0.29, 0.717) is 16.7 Å². The van der Waals surface area contributed by atoms with Crippen LogP contribution < -0.4 is 9.47 Å². The number of hydrogen-bond donors (Lipinski definition) is 0. The van der Waals surface area contributed by atoms with Crippen LogP contribution in [0.15, 0.2) is 18.2 Å². The second kappa shape index (κ2) is 5.30. The first-order valence-electron chi connectivity index (χ1n) is 6.03. The van der Waals surface area contributed by atoms with Gasteiger partial charge in [-0.1, -0.05) is 22.9 Å². The largest absolute Gasteiger partial charge is 0.497 e. The molecular weight excluding hydrogens is 280 g/mol. The van der Waals surface area contributed by atoms with E-state index in [-0.39, 0.29) is 0 Å². The molecule has 2 nitrogen and oxygen atoms in total. The highest BCUT2D eigenvalue weighted by atomic mass is 79.9. The van der Waals surface area contributed by atoms with Crippen LogP contribution in [0.2, 0.25) is 0 Å². The monoisotopic (exact) mass is 298 g/mol. The van der Waals surface area contributed by atoms with Crippen LogP contribution in [0.25, 0.3) is 0 Å². The number of hydrogen-bond acceptors (Lipinski definition) is 2. The number of methoxy groups -OCH3 is 2. The molecule has 0 N–H and O–H groups in total. The van der Waals surface area contributed by atoms with Crippen LogP contribution in [0.5, 0.6) is 11.5 Å². The van der Waals surface area contributed by atoms with Gasteiger partial charge in [-0.05, 0) is 42.9 Å². The summed E-state index contributed by atoms with van der Waals surface area (Å²) in [5.74, 6) is 3.08. The number of benzene rings is 1. The average Bonchev–Trinajstić information content (AvgIpc) is 2.69. The first kappa shape index (κ1) is 12.7. The van der Waals surface area contributed by atoms with E-state index in [0.717, 1.165) is 11.5 Å². The Balaban J connectivity index is 2.35. The second-order valence-electron chi connectivity index (χ2n) is 4.67. The zero-order chi connectivity index (χ0) is 12.4. The predicted octanol–water partition coefficient (Wildman–Crippen LogP) is 3.98. The van der Waals surface area contributed by atoms with Crippen molar-refractivity contribution >= 4 is 15.9 Å². The smallest absolute Gasteiger partial charge is 0.122 e. The molecule has 3 unspecified atom stereocenters. The topological polar surface area (TPSA) is 18.5 Å². The Morgan fingerprint density at radius 1 is 1.18 bits per heavy atom. The summed E-state index contributed by atoms with van der Waals surface area (Å²) in [6.45, 7) is 2.30. The van der Waals surface area contributed by atoms with E-state index < -0.39 is 0 Å². The number of ether oxygens (including phenoxy) is 2. The van der Waals surface area contributed by atoms with Crippen LogP contribution in [-0.2, 0) is 0 Å². The Hall–Kier alpha value is -0.700. The van der Waals surface area contributed by atoms with Crippen molar-refractivity contribution in [2.75, 3.05) is 14.2 Å². The molecule has 0 spiro atoms. The third-order valence-electron chi connectivity index (χ3n) is 3.79. The van der Waals surface area contributed by atoms with E-state index in [1.165, 1.54) is 18.4 Å². The lowest BCUT2D eigenvalue weighted by molar-refractivity contribution is 0.390. The van der Waals surface area contributed by atoms with E-state index in [9.17, 15) is 0 Å². The van der Waals surface area contributed by atoms with E-state index in [1.807, 2.05) is 12.1 Å². The van der Waals surface area contributed by atoms with Gasteiger partial charge in [-0.2, -0.15) is 0 Å². The molecule has 17 heavy (non-hydrogen) atoms. The fraction of sp³-hybridized carbons (Fsp3) is 0.571. The standard InChI is InChI=1S/C14H19BrO2/c1-9-11(5-6-13(9)15)12-8-10(16-2)4-7-14(12)17-3/h4,7-9,11,13H,5-6H2,1-3H3. The Labute approximate surface area is 111 Å². The molecule has 0 heterocycles. The van der Waals surface area contributed by atoms with Crippen molar-refractivity contribution in [2.45, 2.75) is 30.5 Å². The molecule has 0 bridgehead atoms. The van der Waals surface area contributed by atoms with Crippen LogP contribution in [-0.4, -0.2) is 19.0 Å². The third kappa shape index (κ3) is 2.44. The fourth-order valence-corrected chi connectivity index (χ4v) is 3.32. The lowest BCUT2D eigenvalue weighted by atomic mass is 9.89. The van der Waals surface area contributed by atoms with Crippen molar-refractivity contribution in [2.24, 2.45) is 5.92 Å². The van der Waals surface area contributed by atoms with Gasteiger partial charge in [-0.3, -0.25) is 0 Å². The molecule has 2 rings (SSSR count). The average molecular weight is 299 g/mol. The highest BCUT2D eigenvalue weighted by molar-refractivity contribution is 9.09. The molecule has 0 radical (unpaired) electrons. The van der Waals surface area contributed by atoms with Gasteiger partial charge in [0.25, 0.3) is 0 Å². The summed E-state index contributed by atoms with van der Waals surface area (Å²) in [7, 11) is 3.44. The van der Waals surface area contributed by atoms with Crippen molar-refractivity contribution in [3.8, 4) is 11.5 Å². The van der Waals surface area contributed by atoms with E-state index in [1.54, 1.807) is 14.2 Å². The Bertz CT molecular complexity index is 392. The van der Waals surface area contributed by atoms with Crippen LogP contribution in [0.4, 0.5) is 0 Å². The first-order chi connectivity index (χ1) is 8.17. The highest BCUT2D eigenvalue weighted by Crippen LogP contribution is 2.46. The Morgan fingerprint density at radius 3 is 2.47 bits per heavy atom. The highest BCUT2D eigenvalue weighted by Gasteiger charge is 2.33. The molecular formula is C14H19BrO2. The minimum absolute atomic E-state index is 0.560. The van der Waals surface area contributed by atoms with E-state index in [4.69, 9.17) is 9.47 Å². The fourth-order valence-electron chi connectivity index (χ4n) is 2.68.